The van der Waals surface area contributed by atoms with E-state index in [1.54, 1.807) is 0 Å². The number of nitrogens with two attached hydrogens (primary N) is 1. The molecule has 0 saturated carbocycles. The van der Waals surface area contributed by atoms with Gasteiger partial charge in [-0.25, -0.2) is 0 Å². The molecule has 1 atom stereocenters. The highest BCUT2D eigenvalue weighted by Gasteiger charge is 2.37. The Hall–Kier alpha value is -1.53. The van der Waals surface area contributed by atoms with Gasteiger partial charge in [0.1, 0.15) is 0 Å². The Kier molecular flexibility index (Phi) is 3.58. The summed E-state index contributed by atoms with van der Waals surface area (Å²) in [4.78, 5) is 2.40. The van der Waals surface area contributed by atoms with Gasteiger partial charge in [-0.15, -0.1) is 0 Å². The lowest BCUT2D eigenvalue weighted by atomic mass is 9.78. The monoisotopic (exact) mass is 243 g/mol. The molecule has 1 aromatic carbocycles. The molecular weight excluding hydrogens is 222 g/mol. The van der Waals surface area contributed by atoms with E-state index >= 15 is 0 Å². The molecule has 1 aromatic rings. The zero-order valence-electron chi connectivity index (χ0n) is 11.2. The van der Waals surface area contributed by atoms with E-state index in [2.05, 4.69) is 30.9 Å². The van der Waals surface area contributed by atoms with Crippen molar-refractivity contribution in [3.63, 3.8) is 0 Å². The lowest BCUT2D eigenvalue weighted by molar-refractivity contribution is 0.245. The molecule has 0 bridgehead atoms. The van der Waals surface area contributed by atoms with Crippen molar-refractivity contribution in [3.8, 4) is 6.07 Å². The standard InChI is InChI=1S/C15H21N3/c1-15(2)13(11-17)6-4-8-18(15)14-7-3-5-12(9-14)10-16/h3,5,7,9,13H,4,6,8,11,17H2,1-2H3. The first kappa shape index (κ1) is 12.9. The summed E-state index contributed by atoms with van der Waals surface area (Å²) in [6.07, 6.45) is 2.36. The first-order valence-electron chi connectivity index (χ1n) is 6.57. The molecule has 1 fully saturated rings. The van der Waals surface area contributed by atoms with Crippen LogP contribution in [0.5, 0.6) is 0 Å². The molecule has 0 radical (unpaired) electrons. The third kappa shape index (κ3) is 2.21. The molecule has 96 valence electrons. The van der Waals surface area contributed by atoms with Crippen LogP contribution in [0.25, 0.3) is 0 Å². The largest absolute Gasteiger partial charge is 0.366 e. The average Bonchev–Trinajstić information content (AvgIpc) is 2.38. The summed E-state index contributed by atoms with van der Waals surface area (Å²) in [7, 11) is 0. The molecular formula is C15H21N3. The van der Waals surface area contributed by atoms with E-state index in [1.807, 2.05) is 18.2 Å². The highest BCUT2D eigenvalue weighted by atomic mass is 15.2. The maximum atomic E-state index is 9.00. The van der Waals surface area contributed by atoms with Gasteiger partial charge in [0.05, 0.1) is 11.6 Å². The van der Waals surface area contributed by atoms with E-state index in [1.165, 1.54) is 12.8 Å². The lowest BCUT2D eigenvalue weighted by Crippen LogP contribution is -2.55. The molecule has 18 heavy (non-hydrogen) atoms. The molecule has 1 aliphatic heterocycles. The molecule has 2 rings (SSSR count). The Morgan fingerprint density at radius 2 is 2.28 bits per heavy atom. The van der Waals surface area contributed by atoms with Crippen LogP contribution < -0.4 is 10.6 Å². The first-order valence-corrected chi connectivity index (χ1v) is 6.57. The Balaban J connectivity index is 2.34. The maximum absolute atomic E-state index is 9.00. The van der Waals surface area contributed by atoms with Crippen molar-refractivity contribution in [2.45, 2.75) is 32.2 Å². The minimum atomic E-state index is 0.0566. The zero-order chi connectivity index (χ0) is 13.2. The SMILES string of the molecule is CC1(C)C(CN)CCCN1c1cccc(C#N)c1. The van der Waals surface area contributed by atoms with E-state index in [4.69, 9.17) is 11.0 Å². The molecule has 0 amide bonds. The fourth-order valence-electron chi connectivity index (χ4n) is 2.97. The van der Waals surface area contributed by atoms with Gasteiger partial charge in [0.15, 0.2) is 0 Å². The molecule has 2 N–H and O–H groups in total. The number of piperidine rings is 1. The Labute approximate surface area is 109 Å². The van der Waals surface area contributed by atoms with Crippen molar-refractivity contribution < 1.29 is 0 Å². The van der Waals surface area contributed by atoms with Gasteiger partial charge in [0.2, 0.25) is 0 Å². The van der Waals surface area contributed by atoms with Crippen LogP contribution in [-0.4, -0.2) is 18.6 Å². The number of anilines is 1. The van der Waals surface area contributed by atoms with Crippen LogP contribution in [0.1, 0.15) is 32.3 Å². The predicted molar refractivity (Wildman–Crippen MR) is 74.4 cm³/mol. The second-order valence-electron chi connectivity index (χ2n) is 5.54. The second-order valence-corrected chi connectivity index (χ2v) is 5.54. The Morgan fingerprint density at radius 3 is 2.94 bits per heavy atom. The third-order valence-corrected chi connectivity index (χ3v) is 4.20. The smallest absolute Gasteiger partial charge is 0.0992 e. The first-order chi connectivity index (χ1) is 8.59. The molecule has 0 aliphatic carbocycles. The molecule has 3 nitrogen and oxygen atoms in total. The van der Waals surface area contributed by atoms with E-state index in [-0.39, 0.29) is 5.54 Å². The van der Waals surface area contributed by atoms with Crippen LogP contribution in [0.3, 0.4) is 0 Å². The average molecular weight is 243 g/mol. The van der Waals surface area contributed by atoms with Crippen LogP contribution in [0.2, 0.25) is 0 Å². The van der Waals surface area contributed by atoms with Crippen LogP contribution in [0, 0.1) is 17.2 Å². The second kappa shape index (κ2) is 4.99. The number of nitriles is 1. The van der Waals surface area contributed by atoms with Crippen molar-refractivity contribution >= 4 is 5.69 Å². The van der Waals surface area contributed by atoms with Crippen LogP contribution >= 0.6 is 0 Å². The highest BCUT2D eigenvalue weighted by Crippen LogP contribution is 2.36. The minimum absolute atomic E-state index is 0.0566. The summed E-state index contributed by atoms with van der Waals surface area (Å²) in [5.41, 5.74) is 7.81. The van der Waals surface area contributed by atoms with Crippen molar-refractivity contribution in [2.24, 2.45) is 11.7 Å². The van der Waals surface area contributed by atoms with E-state index in [9.17, 15) is 0 Å². The van der Waals surface area contributed by atoms with Gasteiger partial charge in [-0.05, 0) is 57.4 Å². The van der Waals surface area contributed by atoms with Gasteiger partial charge in [-0.3, -0.25) is 0 Å². The summed E-state index contributed by atoms with van der Waals surface area (Å²) in [6.45, 7) is 6.27. The van der Waals surface area contributed by atoms with E-state index in [0.29, 0.717) is 5.92 Å². The Bertz CT molecular complexity index is 459. The fourth-order valence-corrected chi connectivity index (χ4v) is 2.97. The van der Waals surface area contributed by atoms with Gasteiger partial charge in [-0.2, -0.15) is 5.26 Å². The number of benzene rings is 1. The van der Waals surface area contributed by atoms with E-state index in [0.717, 1.165) is 24.3 Å². The van der Waals surface area contributed by atoms with Crippen LogP contribution in [0.15, 0.2) is 24.3 Å². The molecule has 1 heterocycles. The number of hydrogen-bond donors (Lipinski definition) is 1. The predicted octanol–water partition coefficient (Wildman–Crippen LogP) is 2.51. The minimum Gasteiger partial charge on any atom is -0.366 e. The van der Waals surface area contributed by atoms with Gasteiger partial charge < -0.3 is 10.6 Å². The number of rotatable bonds is 2. The van der Waals surface area contributed by atoms with Crippen molar-refractivity contribution in [2.75, 3.05) is 18.0 Å². The van der Waals surface area contributed by atoms with Crippen molar-refractivity contribution in [1.82, 2.24) is 0 Å². The quantitative estimate of drug-likeness (QED) is 0.868. The molecule has 1 aliphatic rings. The summed E-state index contributed by atoms with van der Waals surface area (Å²) >= 11 is 0. The maximum Gasteiger partial charge on any atom is 0.0992 e. The molecule has 1 unspecified atom stereocenters. The summed E-state index contributed by atoms with van der Waals surface area (Å²) in [5, 5.41) is 9.00. The number of nitrogens with zero attached hydrogens (tertiary/aromatic N) is 2. The summed E-state index contributed by atoms with van der Waals surface area (Å²) in [6, 6.07) is 10.1. The van der Waals surface area contributed by atoms with Crippen molar-refractivity contribution in [1.29, 1.82) is 5.26 Å². The molecule has 0 spiro atoms. The van der Waals surface area contributed by atoms with Gasteiger partial charge in [0.25, 0.3) is 0 Å². The molecule has 0 aromatic heterocycles. The fraction of sp³-hybridized carbons (Fsp3) is 0.533. The number of hydrogen-bond acceptors (Lipinski definition) is 3. The van der Waals surface area contributed by atoms with Crippen LogP contribution in [-0.2, 0) is 0 Å². The molecule has 1 saturated heterocycles. The van der Waals surface area contributed by atoms with Crippen LogP contribution in [0.4, 0.5) is 5.69 Å². The van der Waals surface area contributed by atoms with E-state index < -0.39 is 0 Å². The Morgan fingerprint density at radius 1 is 1.50 bits per heavy atom. The topological polar surface area (TPSA) is 53.0 Å². The highest BCUT2D eigenvalue weighted by molar-refractivity contribution is 5.53. The third-order valence-electron chi connectivity index (χ3n) is 4.20. The van der Waals surface area contributed by atoms with Crippen molar-refractivity contribution in [3.05, 3.63) is 29.8 Å². The normalized spacial score (nSPS) is 22.6. The summed E-state index contributed by atoms with van der Waals surface area (Å²) < 4.78 is 0. The lowest BCUT2D eigenvalue weighted by Gasteiger charge is -2.49. The zero-order valence-corrected chi connectivity index (χ0v) is 11.2. The van der Waals surface area contributed by atoms with Gasteiger partial charge >= 0.3 is 0 Å². The van der Waals surface area contributed by atoms with Gasteiger partial charge in [-0.1, -0.05) is 6.07 Å². The summed E-state index contributed by atoms with van der Waals surface area (Å²) in [5.74, 6) is 0.511. The van der Waals surface area contributed by atoms with Gasteiger partial charge in [0, 0.05) is 17.8 Å². The molecule has 3 heteroatoms.